The van der Waals surface area contributed by atoms with E-state index < -0.39 is 0 Å². The summed E-state index contributed by atoms with van der Waals surface area (Å²) in [4.78, 5) is 11.5. The van der Waals surface area contributed by atoms with Crippen molar-refractivity contribution in [3.63, 3.8) is 0 Å². The van der Waals surface area contributed by atoms with Crippen LogP contribution in [0.5, 0.6) is 0 Å². The maximum absolute atomic E-state index is 11.5. The molecule has 0 radical (unpaired) electrons. The van der Waals surface area contributed by atoms with Crippen molar-refractivity contribution in [2.75, 3.05) is 0 Å². The third-order valence-corrected chi connectivity index (χ3v) is 5.54. The van der Waals surface area contributed by atoms with Gasteiger partial charge in [-0.05, 0) is 74.8 Å². The molecule has 2 unspecified atom stereocenters. The molecule has 0 bridgehead atoms. The van der Waals surface area contributed by atoms with Crippen molar-refractivity contribution >= 4 is 16.7 Å². The van der Waals surface area contributed by atoms with Crippen LogP contribution in [0.15, 0.2) is 36.4 Å². The van der Waals surface area contributed by atoms with Crippen LogP contribution in [0.1, 0.15) is 114 Å². The predicted molar refractivity (Wildman–Crippen MR) is 138 cm³/mol. The zero-order chi connectivity index (χ0) is 19.7. The Morgan fingerprint density at radius 2 is 1.23 bits per heavy atom. The zero-order valence-corrected chi connectivity index (χ0v) is 17.6. The van der Waals surface area contributed by atoms with Crippen LogP contribution in [0.2, 0.25) is 0 Å². The summed E-state index contributed by atoms with van der Waals surface area (Å²) in [7, 11) is 0. The summed E-state index contributed by atoms with van der Waals surface area (Å²) >= 11 is 0. The van der Waals surface area contributed by atoms with Crippen molar-refractivity contribution in [1.82, 2.24) is 0 Å². The topological polar surface area (TPSA) is 26.3 Å². The quantitative estimate of drug-likeness (QED) is 0.454. The Labute approximate surface area is 188 Å². The second kappa shape index (κ2) is 12.1. The maximum atomic E-state index is 11.5. The van der Waals surface area contributed by atoms with Gasteiger partial charge in [0.05, 0.1) is 5.41 Å². The SMILES string of the molecule is C.C.C.C.CC1c2cccc3cccc(c23)C1C.CCC(C)(C)C(=O)OC(C)(C)C. The minimum Gasteiger partial charge on any atom is -0.460 e. The Bertz CT molecular complexity index is 738. The summed E-state index contributed by atoms with van der Waals surface area (Å²) in [5.74, 6) is 1.24. The van der Waals surface area contributed by atoms with Crippen LogP contribution in [0.25, 0.3) is 10.8 Å². The van der Waals surface area contributed by atoms with Crippen LogP contribution in [0.4, 0.5) is 0 Å². The lowest BCUT2D eigenvalue weighted by molar-refractivity contribution is -0.165. The number of hydrogen-bond acceptors (Lipinski definition) is 2. The number of ether oxygens (including phenoxy) is 1. The fraction of sp³-hybridized carbons (Fsp3) is 0.607. The van der Waals surface area contributed by atoms with E-state index in [1.807, 2.05) is 41.5 Å². The highest BCUT2D eigenvalue weighted by Gasteiger charge is 2.30. The summed E-state index contributed by atoms with van der Waals surface area (Å²) in [6.45, 7) is 16.1. The van der Waals surface area contributed by atoms with Gasteiger partial charge in [0.2, 0.25) is 0 Å². The van der Waals surface area contributed by atoms with E-state index >= 15 is 0 Å². The Balaban J connectivity index is -0.000000435. The number of benzene rings is 2. The van der Waals surface area contributed by atoms with Gasteiger partial charge in [-0.2, -0.15) is 0 Å². The molecule has 1 aliphatic rings. The number of rotatable bonds is 2. The molecule has 30 heavy (non-hydrogen) atoms. The van der Waals surface area contributed by atoms with E-state index in [2.05, 4.69) is 50.2 Å². The van der Waals surface area contributed by atoms with Gasteiger partial charge in [0.25, 0.3) is 0 Å². The normalized spacial score (nSPS) is 16.5. The molecule has 0 N–H and O–H groups in total. The molecule has 3 rings (SSSR count). The lowest BCUT2D eigenvalue weighted by atomic mass is 9.90. The molecule has 0 aromatic heterocycles. The summed E-state index contributed by atoms with van der Waals surface area (Å²) in [5.41, 5.74) is 2.34. The molecule has 0 saturated carbocycles. The molecule has 0 aliphatic heterocycles. The van der Waals surface area contributed by atoms with Crippen LogP contribution >= 0.6 is 0 Å². The van der Waals surface area contributed by atoms with E-state index in [0.717, 1.165) is 6.42 Å². The zero-order valence-electron chi connectivity index (χ0n) is 17.6. The van der Waals surface area contributed by atoms with Gasteiger partial charge in [0, 0.05) is 0 Å². The van der Waals surface area contributed by atoms with Crippen molar-refractivity contribution < 1.29 is 9.53 Å². The molecule has 2 atom stereocenters. The lowest BCUT2D eigenvalue weighted by Gasteiger charge is -2.27. The molecular formula is C28H50O2. The van der Waals surface area contributed by atoms with Gasteiger partial charge in [0.15, 0.2) is 0 Å². The second-order valence-electron chi connectivity index (χ2n) is 9.11. The summed E-state index contributed by atoms with van der Waals surface area (Å²) in [6, 6.07) is 13.3. The number of carbonyl (C=O) groups is 1. The van der Waals surface area contributed by atoms with Crippen molar-refractivity contribution in [3.8, 4) is 0 Å². The molecule has 0 saturated heterocycles. The fourth-order valence-corrected chi connectivity index (χ4v) is 3.26. The highest BCUT2D eigenvalue weighted by atomic mass is 16.6. The van der Waals surface area contributed by atoms with E-state index in [9.17, 15) is 4.79 Å². The molecule has 0 amide bonds. The second-order valence-corrected chi connectivity index (χ2v) is 9.11. The average molecular weight is 419 g/mol. The summed E-state index contributed by atoms with van der Waals surface area (Å²) in [6.07, 6.45) is 0.807. The first-order chi connectivity index (χ1) is 12.0. The minimum atomic E-state index is -0.372. The first-order valence-electron chi connectivity index (χ1n) is 9.73. The molecule has 0 spiro atoms. The predicted octanol–water partition coefficient (Wildman–Crippen LogP) is 9.37. The molecule has 2 aromatic carbocycles. The van der Waals surface area contributed by atoms with Gasteiger partial charge >= 0.3 is 5.97 Å². The third-order valence-electron chi connectivity index (χ3n) is 5.54. The van der Waals surface area contributed by atoms with Crippen LogP contribution in [-0.4, -0.2) is 11.6 Å². The molecular weight excluding hydrogens is 368 g/mol. The largest absolute Gasteiger partial charge is 0.460 e. The monoisotopic (exact) mass is 418 g/mol. The first-order valence-corrected chi connectivity index (χ1v) is 9.73. The molecule has 1 aliphatic carbocycles. The maximum Gasteiger partial charge on any atom is 0.312 e. The lowest BCUT2D eigenvalue weighted by Crippen LogP contribution is -2.33. The Hall–Kier alpha value is -1.83. The van der Waals surface area contributed by atoms with Crippen molar-refractivity contribution in [2.24, 2.45) is 5.41 Å². The van der Waals surface area contributed by atoms with Gasteiger partial charge in [0.1, 0.15) is 5.60 Å². The van der Waals surface area contributed by atoms with Gasteiger partial charge in [-0.15, -0.1) is 0 Å². The van der Waals surface area contributed by atoms with E-state index in [1.165, 1.54) is 21.9 Å². The summed E-state index contributed by atoms with van der Waals surface area (Å²) in [5, 5.41) is 2.91. The summed E-state index contributed by atoms with van der Waals surface area (Å²) < 4.78 is 5.25. The molecule has 0 fully saturated rings. The van der Waals surface area contributed by atoms with E-state index in [-0.39, 0.29) is 46.7 Å². The molecule has 2 nitrogen and oxygen atoms in total. The van der Waals surface area contributed by atoms with Gasteiger partial charge in [-0.1, -0.05) is 86.9 Å². The van der Waals surface area contributed by atoms with E-state index in [4.69, 9.17) is 4.74 Å². The van der Waals surface area contributed by atoms with Crippen LogP contribution < -0.4 is 0 Å². The van der Waals surface area contributed by atoms with Crippen LogP contribution in [-0.2, 0) is 9.53 Å². The van der Waals surface area contributed by atoms with Crippen molar-refractivity contribution in [3.05, 3.63) is 47.5 Å². The molecule has 174 valence electrons. The van der Waals surface area contributed by atoms with Gasteiger partial charge in [-0.3, -0.25) is 4.79 Å². The Morgan fingerprint density at radius 1 is 0.833 bits per heavy atom. The number of hydrogen-bond donors (Lipinski definition) is 0. The minimum absolute atomic E-state index is 0. The van der Waals surface area contributed by atoms with Gasteiger partial charge in [-0.25, -0.2) is 0 Å². The van der Waals surface area contributed by atoms with Crippen LogP contribution in [0.3, 0.4) is 0 Å². The smallest absolute Gasteiger partial charge is 0.312 e. The third kappa shape index (κ3) is 7.15. The van der Waals surface area contributed by atoms with Crippen LogP contribution in [0, 0.1) is 5.41 Å². The number of esters is 1. The Kier molecular flexibility index (Phi) is 13.3. The average Bonchev–Trinajstić information content (AvgIpc) is 2.81. The standard InChI is InChI=1S/C14H14.C10H20O2.4CH4/c1-9-10(2)13-8-4-6-11-5-3-7-12(9)14(11)13;1-7-10(5,6)8(11)12-9(2,3)4;;;;/h3-10H,1-2H3;7H2,1-6H3;4*1H4. The van der Waals surface area contributed by atoms with Crippen molar-refractivity contribution in [2.45, 2.75) is 109 Å². The molecule has 2 heteroatoms. The number of carbonyl (C=O) groups excluding carboxylic acids is 1. The van der Waals surface area contributed by atoms with E-state index in [0.29, 0.717) is 11.8 Å². The highest BCUT2D eigenvalue weighted by Crippen LogP contribution is 2.45. The Morgan fingerprint density at radius 3 is 1.57 bits per heavy atom. The van der Waals surface area contributed by atoms with E-state index in [1.54, 1.807) is 0 Å². The fourth-order valence-electron chi connectivity index (χ4n) is 3.26. The molecule has 2 aromatic rings. The first kappa shape index (κ1) is 32.8. The van der Waals surface area contributed by atoms with Gasteiger partial charge < -0.3 is 4.74 Å². The highest BCUT2D eigenvalue weighted by molar-refractivity contribution is 5.92. The molecule has 0 heterocycles. The van der Waals surface area contributed by atoms with Crippen molar-refractivity contribution in [1.29, 1.82) is 0 Å².